The van der Waals surface area contributed by atoms with Crippen molar-refractivity contribution in [2.75, 3.05) is 0 Å². The molecule has 0 aliphatic carbocycles. The first-order valence-corrected chi connectivity index (χ1v) is 13.0. The molecular formula is C24H18N4O6PdS2. The molecule has 192 valence electrons. The molecule has 0 atom stereocenters. The van der Waals surface area contributed by atoms with Gasteiger partial charge in [0.1, 0.15) is 20.0 Å². The average Bonchev–Trinajstić information content (AvgIpc) is 3.29. The molecule has 2 aliphatic heterocycles. The van der Waals surface area contributed by atoms with Crippen LogP contribution < -0.4 is 0 Å². The summed E-state index contributed by atoms with van der Waals surface area (Å²) in [6.45, 7) is 0. The Morgan fingerprint density at radius 3 is 1.05 bits per heavy atom. The molecule has 0 spiro atoms. The molecule has 2 aromatic carbocycles. The molecule has 0 saturated carbocycles. The summed E-state index contributed by atoms with van der Waals surface area (Å²) >= 11 is 0. The molecule has 2 aliphatic rings. The van der Waals surface area contributed by atoms with Gasteiger partial charge in [0, 0.05) is 35.9 Å². The first kappa shape index (κ1) is 29.5. The first-order valence-electron chi connectivity index (χ1n) is 10.1. The number of hydrogen-bond donors (Lipinski definition) is 0. The number of sulfonamides is 2. The maximum atomic E-state index is 11.1. The molecule has 13 heteroatoms. The molecule has 0 saturated heterocycles. The second-order valence-electron chi connectivity index (χ2n) is 6.78. The Kier molecular flexibility index (Phi) is 10.8. The van der Waals surface area contributed by atoms with E-state index in [2.05, 4.69) is 19.4 Å². The summed E-state index contributed by atoms with van der Waals surface area (Å²) in [5.74, 6) is -1.35. The van der Waals surface area contributed by atoms with E-state index >= 15 is 0 Å². The fourth-order valence-corrected chi connectivity index (χ4v) is 4.97. The van der Waals surface area contributed by atoms with Crippen LogP contribution in [0.5, 0.6) is 0 Å². The molecule has 6 rings (SSSR count). The zero-order chi connectivity index (χ0) is 26.0. The molecule has 2 aromatic heterocycles. The van der Waals surface area contributed by atoms with Crippen LogP contribution in [0, 0.1) is 0 Å². The van der Waals surface area contributed by atoms with Crippen molar-refractivity contribution in [1.29, 1.82) is 0 Å². The van der Waals surface area contributed by atoms with Crippen molar-refractivity contribution in [3.05, 3.63) is 130 Å². The summed E-state index contributed by atoms with van der Waals surface area (Å²) in [5, 5.41) is 0. The van der Waals surface area contributed by atoms with E-state index < -0.39 is 31.9 Å². The Labute approximate surface area is 228 Å². The van der Waals surface area contributed by atoms with E-state index in [0.29, 0.717) is 0 Å². The van der Waals surface area contributed by atoms with Crippen molar-refractivity contribution in [3.8, 4) is 0 Å². The third-order valence-electron chi connectivity index (χ3n) is 4.33. The second kappa shape index (κ2) is 13.5. The number of amides is 2. The molecule has 4 aromatic rings. The molecule has 4 heterocycles. The molecule has 0 bridgehead atoms. The number of rotatable bonds is 0. The van der Waals surface area contributed by atoms with Crippen LogP contribution in [-0.2, 0) is 40.5 Å². The van der Waals surface area contributed by atoms with Crippen molar-refractivity contribution >= 4 is 31.9 Å². The molecule has 0 radical (unpaired) electrons. The van der Waals surface area contributed by atoms with Crippen molar-refractivity contribution in [3.63, 3.8) is 0 Å². The maximum absolute atomic E-state index is 11.1. The van der Waals surface area contributed by atoms with Gasteiger partial charge in [-0.3, -0.25) is 9.97 Å². The maximum Gasteiger partial charge on any atom is 2.00 e. The molecular weight excluding hydrogens is 611 g/mol. The van der Waals surface area contributed by atoms with E-state index in [-0.39, 0.29) is 41.3 Å². The van der Waals surface area contributed by atoms with Crippen LogP contribution in [0.4, 0.5) is 0 Å². The van der Waals surface area contributed by atoms with Gasteiger partial charge in [0.05, 0.1) is 21.6 Å². The van der Waals surface area contributed by atoms with Crippen LogP contribution in [0.15, 0.2) is 120 Å². The van der Waals surface area contributed by atoms with Gasteiger partial charge in [-0.2, -0.15) is 0 Å². The molecule has 0 fully saturated rings. The molecule has 0 N–H and O–H groups in total. The van der Waals surface area contributed by atoms with Gasteiger partial charge in [0.15, 0.2) is 0 Å². The summed E-state index contributed by atoms with van der Waals surface area (Å²) in [5.41, 5.74) is 0.329. The second-order valence-corrected chi connectivity index (χ2v) is 9.93. The Balaban J connectivity index is 0.000000181. The van der Waals surface area contributed by atoms with Gasteiger partial charge in [-0.05, 0) is 36.4 Å². The van der Waals surface area contributed by atoms with Crippen molar-refractivity contribution in [2.24, 2.45) is 0 Å². The number of benzene rings is 2. The minimum absolute atomic E-state index is 0. The summed E-state index contributed by atoms with van der Waals surface area (Å²) in [6.07, 6.45) is 7.00. The Hall–Kier alpha value is -3.76. The Bertz CT molecular complexity index is 1380. The third kappa shape index (κ3) is 8.13. The van der Waals surface area contributed by atoms with E-state index in [1.165, 1.54) is 24.3 Å². The van der Waals surface area contributed by atoms with Crippen LogP contribution in [0.2, 0.25) is 0 Å². The predicted molar refractivity (Wildman–Crippen MR) is 131 cm³/mol. The number of aromatic nitrogens is 2. The van der Waals surface area contributed by atoms with Crippen LogP contribution >= 0.6 is 0 Å². The predicted octanol–water partition coefficient (Wildman–Crippen LogP) is 3.97. The van der Waals surface area contributed by atoms with E-state index in [1.807, 2.05) is 36.4 Å². The van der Waals surface area contributed by atoms with Crippen molar-refractivity contribution < 1.29 is 46.8 Å². The number of fused-ring (bicyclic) bond motifs is 2. The van der Waals surface area contributed by atoms with Gasteiger partial charge in [0.25, 0.3) is 0 Å². The van der Waals surface area contributed by atoms with Crippen LogP contribution in [-0.4, -0.2) is 38.6 Å². The minimum Gasteiger partial charge on any atom is -0.537 e. The minimum atomic E-state index is -3.68. The first-order chi connectivity index (χ1) is 17.2. The fourth-order valence-electron chi connectivity index (χ4n) is 2.78. The number of carbonyl (C=O) groups is 2. The van der Waals surface area contributed by atoms with Crippen LogP contribution in [0.3, 0.4) is 0 Å². The summed E-state index contributed by atoms with van der Waals surface area (Å²) < 4.78 is 50.3. The van der Waals surface area contributed by atoms with Gasteiger partial charge in [0.2, 0.25) is 0 Å². The molecule has 10 nitrogen and oxygen atoms in total. The number of nitrogens with zero attached hydrogens (tertiary/aromatic N) is 4. The topological polar surface area (TPSA) is 156 Å². The van der Waals surface area contributed by atoms with Gasteiger partial charge >= 0.3 is 20.4 Å². The van der Waals surface area contributed by atoms with Gasteiger partial charge in [-0.25, -0.2) is 16.8 Å². The number of carbonyl (C=O) groups excluding carboxylic acids is 2. The summed E-state index contributed by atoms with van der Waals surface area (Å²) in [4.78, 5) is 29.5. The number of pyridine rings is 2. The summed E-state index contributed by atoms with van der Waals surface area (Å²) in [6, 6.07) is 23.4. The van der Waals surface area contributed by atoms with Crippen molar-refractivity contribution in [1.82, 2.24) is 9.97 Å². The van der Waals surface area contributed by atoms with E-state index in [4.69, 9.17) is 0 Å². The van der Waals surface area contributed by atoms with E-state index in [1.54, 1.807) is 49.1 Å². The number of hydrogen-bond acceptors (Lipinski definition) is 8. The quantitative estimate of drug-likeness (QED) is 0.265. The zero-order valence-corrected chi connectivity index (χ0v) is 22.0. The summed E-state index contributed by atoms with van der Waals surface area (Å²) in [7, 11) is -7.36. The largest absolute Gasteiger partial charge is 2.00 e. The van der Waals surface area contributed by atoms with Gasteiger partial charge in [-0.1, -0.05) is 48.5 Å². The Morgan fingerprint density at radius 2 is 0.811 bits per heavy atom. The third-order valence-corrected chi connectivity index (χ3v) is 6.97. The standard InChI is InChI=1S/2C7H5NO3S.2C5H5N.Pd/c2*9-7-5-3-1-2-4-6(5)12(10,11)8-7;2*1-2-4-6-5-3-1;/h2*1-4H,(H,8,9);2*1-5H;/q;;;;+2/p-2. The van der Waals surface area contributed by atoms with E-state index in [9.17, 15) is 26.4 Å². The van der Waals surface area contributed by atoms with Gasteiger partial charge < -0.3 is 19.0 Å². The smallest absolute Gasteiger partial charge is 0.537 e. The fraction of sp³-hybridized carbons (Fsp3) is 0. The van der Waals surface area contributed by atoms with E-state index in [0.717, 1.165) is 0 Å². The monoisotopic (exact) mass is 628 g/mol. The van der Waals surface area contributed by atoms with Crippen LogP contribution in [0.1, 0.15) is 20.7 Å². The Morgan fingerprint density at radius 1 is 0.486 bits per heavy atom. The zero-order valence-electron chi connectivity index (χ0n) is 18.8. The SMILES string of the molecule is O=C1[N-]S(=O)(=O)c2ccccc21.O=C1[N-]S(=O)(=O)c2ccccc21.[Pd+2].c1ccncc1.c1ccncc1. The average molecular weight is 629 g/mol. The van der Waals surface area contributed by atoms with Crippen LogP contribution in [0.25, 0.3) is 9.44 Å². The molecule has 2 amide bonds. The molecule has 0 unspecified atom stereocenters. The molecule has 37 heavy (non-hydrogen) atoms. The van der Waals surface area contributed by atoms with Gasteiger partial charge in [-0.15, -0.1) is 0 Å². The van der Waals surface area contributed by atoms with Crippen molar-refractivity contribution in [2.45, 2.75) is 9.79 Å². The normalized spacial score (nSPS) is 14.6.